The summed E-state index contributed by atoms with van der Waals surface area (Å²) in [5, 5.41) is 2.08. The average Bonchev–Trinajstić information content (AvgIpc) is 2.69. The molecule has 3 aromatic carbocycles. The number of hydrogen-bond donors (Lipinski definition) is 0. The maximum Gasteiger partial charge on any atom is 0.143 e. The Hall–Kier alpha value is -3.12. The molecule has 0 atom stereocenters. The molecule has 3 rings (SSSR count). The zero-order valence-corrected chi connectivity index (χ0v) is 16.1. The van der Waals surface area contributed by atoms with Crippen molar-refractivity contribution in [3.63, 3.8) is 0 Å². The average molecular weight is 389 g/mol. The Labute approximate surface area is 168 Å². The predicted molar refractivity (Wildman–Crippen MR) is 113 cm³/mol. The van der Waals surface area contributed by atoms with Gasteiger partial charge in [-0.1, -0.05) is 61.6 Å². The molecule has 0 radical (unpaired) electrons. The van der Waals surface area contributed by atoms with E-state index in [-0.39, 0.29) is 11.3 Å². The van der Waals surface area contributed by atoms with Crippen LogP contribution in [0.25, 0.3) is 11.1 Å². The molecule has 0 aromatic heterocycles. The van der Waals surface area contributed by atoms with Crippen molar-refractivity contribution in [1.82, 2.24) is 0 Å². The predicted octanol–water partition coefficient (Wildman–Crippen LogP) is 6.72. The first-order valence-electron chi connectivity index (χ1n) is 8.89. The minimum absolute atomic E-state index is 0.0739. The van der Waals surface area contributed by atoms with Gasteiger partial charge in [-0.15, -0.1) is 0 Å². The van der Waals surface area contributed by atoms with Crippen molar-refractivity contribution in [2.75, 3.05) is 0 Å². The van der Waals surface area contributed by atoms with Crippen LogP contribution in [0.15, 0.2) is 65.7 Å². The Morgan fingerprint density at radius 3 is 1.96 bits per heavy atom. The summed E-state index contributed by atoms with van der Waals surface area (Å²) < 4.78 is 28.1. The van der Waals surface area contributed by atoms with E-state index in [1.807, 2.05) is 24.3 Å². The smallest absolute Gasteiger partial charge is 0.143 e. The fourth-order valence-corrected chi connectivity index (χ4v) is 2.94. The summed E-state index contributed by atoms with van der Waals surface area (Å²) in [6.07, 6.45) is 2.19. The molecule has 0 heterocycles. The van der Waals surface area contributed by atoms with E-state index in [2.05, 4.69) is 65.4 Å². The van der Waals surface area contributed by atoms with Crippen LogP contribution < -0.4 is 0 Å². The number of halogens is 2. The van der Waals surface area contributed by atoms with Crippen molar-refractivity contribution < 1.29 is 8.78 Å². The second-order valence-electron chi connectivity index (χ2n) is 6.26. The van der Waals surface area contributed by atoms with E-state index in [0.717, 1.165) is 36.1 Å². The molecule has 28 heavy (non-hydrogen) atoms. The van der Waals surface area contributed by atoms with Gasteiger partial charge in [0.1, 0.15) is 11.6 Å². The van der Waals surface area contributed by atoms with Gasteiger partial charge in [0.25, 0.3) is 0 Å². The highest BCUT2D eigenvalue weighted by Gasteiger charge is 2.08. The van der Waals surface area contributed by atoms with Crippen LogP contribution in [-0.4, -0.2) is 5.16 Å². The van der Waals surface area contributed by atoms with E-state index in [9.17, 15) is 8.78 Å². The fourth-order valence-electron chi connectivity index (χ4n) is 2.83. The molecule has 0 unspecified atom stereocenters. The quantitative estimate of drug-likeness (QED) is 0.274. The van der Waals surface area contributed by atoms with Gasteiger partial charge in [-0.05, 0) is 47.5 Å². The molecule has 0 N–H and O–H groups in total. The third kappa shape index (κ3) is 4.78. The molecule has 0 aliphatic carbocycles. The Morgan fingerprint density at radius 2 is 1.43 bits per heavy atom. The van der Waals surface area contributed by atoms with Crippen molar-refractivity contribution in [3.8, 4) is 23.0 Å². The van der Waals surface area contributed by atoms with E-state index in [0.29, 0.717) is 5.56 Å². The van der Waals surface area contributed by atoms with Crippen LogP contribution in [0.2, 0.25) is 0 Å². The molecule has 0 spiro atoms. The maximum absolute atomic E-state index is 14.0. The van der Waals surface area contributed by atoms with Crippen LogP contribution in [0.4, 0.5) is 14.5 Å². The van der Waals surface area contributed by atoms with Crippen molar-refractivity contribution in [1.29, 1.82) is 0 Å². The van der Waals surface area contributed by atoms with Gasteiger partial charge in [0.2, 0.25) is 0 Å². The van der Waals surface area contributed by atoms with Crippen molar-refractivity contribution in [3.05, 3.63) is 89.0 Å². The summed E-state index contributed by atoms with van der Waals surface area (Å²) in [5.41, 5.74) is 3.95. The lowest BCUT2D eigenvalue weighted by Crippen LogP contribution is -1.90. The maximum atomic E-state index is 14.0. The number of aliphatic imine (C=N–C) groups is 1. The number of hydrogen-bond acceptors (Lipinski definition) is 2. The molecule has 4 heteroatoms. The van der Waals surface area contributed by atoms with Crippen LogP contribution in [-0.2, 0) is 6.42 Å². The first-order valence-corrected chi connectivity index (χ1v) is 9.30. The number of nitrogens with zero attached hydrogens (tertiary/aromatic N) is 1. The number of isothiocyanates is 1. The van der Waals surface area contributed by atoms with Gasteiger partial charge in [0.15, 0.2) is 0 Å². The van der Waals surface area contributed by atoms with Crippen molar-refractivity contribution in [2.24, 2.45) is 4.99 Å². The Kier molecular flexibility index (Phi) is 6.45. The normalized spacial score (nSPS) is 9.96. The van der Waals surface area contributed by atoms with Crippen LogP contribution in [0.3, 0.4) is 0 Å². The van der Waals surface area contributed by atoms with Gasteiger partial charge in [0.05, 0.1) is 16.4 Å². The Bertz CT molecular complexity index is 1060. The third-order valence-electron chi connectivity index (χ3n) is 4.24. The van der Waals surface area contributed by atoms with Gasteiger partial charge < -0.3 is 0 Å². The summed E-state index contributed by atoms with van der Waals surface area (Å²) in [6, 6.07) is 18.2. The van der Waals surface area contributed by atoms with E-state index in [1.165, 1.54) is 5.56 Å². The van der Waals surface area contributed by atoms with Gasteiger partial charge in [-0.25, -0.2) is 8.78 Å². The van der Waals surface area contributed by atoms with Gasteiger partial charge in [0, 0.05) is 17.7 Å². The van der Waals surface area contributed by atoms with E-state index >= 15 is 0 Å². The Morgan fingerprint density at radius 1 is 0.857 bits per heavy atom. The molecular formula is C24H17F2NS. The molecule has 0 saturated carbocycles. The Balaban J connectivity index is 1.81. The summed E-state index contributed by atoms with van der Waals surface area (Å²) in [6.45, 7) is 2.16. The van der Waals surface area contributed by atoms with Gasteiger partial charge >= 0.3 is 0 Å². The molecule has 0 saturated heterocycles. The summed E-state index contributed by atoms with van der Waals surface area (Å²) in [7, 11) is 0. The van der Waals surface area contributed by atoms with Crippen LogP contribution in [0.1, 0.15) is 30.0 Å². The third-order valence-corrected chi connectivity index (χ3v) is 4.34. The van der Waals surface area contributed by atoms with Crippen LogP contribution in [0, 0.1) is 23.5 Å². The van der Waals surface area contributed by atoms with Crippen LogP contribution >= 0.6 is 12.2 Å². The van der Waals surface area contributed by atoms with Crippen LogP contribution in [0.5, 0.6) is 0 Å². The fraction of sp³-hybridized carbons (Fsp3) is 0.125. The summed E-state index contributed by atoms with van der Waals surface area (Å²) >= 11 is 4.44. The lowest BCUT2D eigenvalue weighted by molar-refractivity contribution is 0.578. The van der Waals surface area contributed by atoms with Gasteiger partial charge in [-0.3, -0.25) is 0 Å². The highest BCUT2D eigenvalue weighted by atomic mass is 32.1. The number of thiocarbonyl (C=S) groups is 1. The standard InChI is InChI=1S/C24H17F2NS/c1-2-3-17-4-9-19(10-5-17)20-11-6-18(7-12-20)8-13-22-23(25)14-21(27-16-28)15-24(22)26/h4-7,9-12,14-15H,2-3H2,1H3. The number of aryl methyl sites for hydroxylation is 1. The summed E-state index contributed by atoms with van der Waals surface area (Å²) in [5.74, 6) is 3.81. The first kappa shape index (κ1) is 19.6. The summed E-state index contributed by atoms with van der Waals surface area (Å²) in [4.78, 5) is 3.58. The largest absolute Gasteiger partial charge is 0.205 e. The van der Waals surface area contributed by atoms with E-state index in [1.54, 1.807) is 0 Å². The molecule has 0 aliphatic rings. The molecule has 3 aromatic rings. The molecule has 0 amide bonds. The highest BCUT2D eigenvalue weighted by Crippen LogP contribution is 2.22. The molecule has 138 valence electrons. The zero-order chi connectivity index (χ0) is 19.9. The van der Waals surface area contributed by atoms with Crippen molar-refractivity contribution >= 4 is 23.1 Å². The second-order valence-corrected chi connectivity index (χ2v) is 6.44. The molecule has 0 bridgehead atoms. The van der Waals surface area contributed by atoms with Gasteiger partial charge in [-0.2, -0.15) is 4.99 Å². The second kappa shape index (κ2) is 9.19. The van der Waals surface area contributed by atoms with E-state index in [4.69, 9.17) is 0 Å². The number of rotatable bonds is 4. The van der Waals surface area contributed by atoms with Crippen molar-refractivity contribution in [2.45, 2.75) is 19.8 Å². The lowest BCUT2D eigenvalue weighted by atomic mass is 10.0. The molecule has 0 fully saturated rings. The molecule has 1 nitrogen and oxygen atoms in total. The topological polar surface area (TPSA) is 12.4 Å². The molecule has 0 aliphatic heterocycles. The SMILES string of the molecule is CCCc1ccc(-c2ccc(C#Cc3c(F)cc(N=C=S)cc3F)cc2)cc1. The molecular weight excluding hydrogens is 372 g/mol. The minimum Gasteiger partial charge on any atom is -0.205 e. The highest BCUT2D eigenvalue weighted by molar-refractivity contribution is 7.78. The lowest BCUT2D eigenvalue weighted by Gasteiger charge is -2.04. The minimum atomic E-state index is -0.778. The zero-order valence-electron chi connectivity index (χ0n) is 15.3. The monoisotopic (exact) mass is 389 g/mol. The first-order chi connectivity index (χ1) is 13.6. The van der Waals surface area contributed by atoms with E-state index < -0.39 is 11.6 Å². The number of benzene rings is 3.